The highest BCUT2D eigenvalue weighted by atomic mass is 16.2. The number of nitrogens with zero attached hydrogens (tertiary/aromatic N) is 3. The van der Waals surface area contributed by atoms with Crippen molar-refractivity contribution in [2.45, 2.75) is 45.2 Å². The van der Waals surface area contributed by atoms with Crippen LogP contribution < -0.4 is 0 Å². The second kappa shape index (κ2) is 7.26. The van der Waals surface area contributed by atoms with E-state index in [0.29, 0.717) is 24.6 Å². The topological polar surface area (TPSA) is 64.4 Å². The maximum atomic E-state index is 12.9. The van der Waals surface area contributed by atoms with Crippen molar-refractivity contribution in [3.05, 3.63) is 35.4 Å². The zero-order chi connectivity index (χ0) is 18.0. The third-order valence-electron chi connectivity index (χ3n) is 5.38. The predicted octanol–water partition coefficient (Wildman–Crippen LogP) is 2.55. The molecule has 2 aliphatic rings. The lowest BCUT2D eigenvalue weighted by Gasteiger charge is -2.37. The van der Waals surface area contributed by atoms with Crippen LogP contribution in [0.4, 0.5) is 0 Å². The van der Waals surface area contributed by atoms with Crippen molar-refractivity contribution >= 4 is 11.8 Å². The summed E-state index contributed by atoms with van der Waals surface area (Å²) in [6.07, 6.45) is 3.68. The largest absolute Gasteiger partial charge is 0.340 e. The second-order valence-electron chi connectivity index (χ2n) is 7.37. The second-order valence-corrected chi connectivity index (χ2v) is 7.37. The first-order chi connectivity index (χ1) is 12.0. The molecule has 0 bridgehead atoms. The first kappa shape index (κ1) is 17.5. The Bertz CT molecular complexity index is 692. The Morgan fingerprint density at radius 2 is 1.96 bits per heavy atom. The van der Waals surface area contributed by atoms with Crippen molar-refractivity contribution in [2.24, 2.45) is 11.8 Å². The van der Waals surface area contributed by atoms with Crippen molar-refractivity contribution in [1.29, 1.82) is 5.26 Å². The normalized spacial score (nSPS) is 25.2. The third-order valence-corrected chi connectivity index (χ3v) is 5.38. The predicted molar refractivity (Wildman–Crippen MR) is 94.3 cm³/mol. The van der Waals surface area contributed by atoms with E-state index >= 15 is 0 Å². The molecule has 3 rings (SSSR count). The van der Waals surface area contributed by atoms with E-state index in [1.807, 2.05) is 17.0 Å². The summed E-state index contributed by atoms with van der Waals surface area (Å²) in [4.78, 5) is 29.1. The number of amides is 2. The minimum Gasteiger partial charge on any atom is -0.340 e. The zero-order valence-corrected chi connectivity index (χ0v) is 14.9. The van der Waals surface area contributed by atoms with Gasteiger partial charge in [0, 0.05) is 26.1 Å². The van der Waals surface area contributed by atoms with E-state index in [2.05, 4.69) is 13.0 Å². The Kier molecular flexibility index (Phi) is 5.08. The van der Waals surface area contributed by atoms with Crippen LogP contribution in [0.15, 0.2) is 24.3 Å². The summed E-state index contributed by atoms with van der Waals surface area (Å²) in [6, 6.07) is 9.04. The van der Waals surface area contributed by atoms with Gasteiger partial charge in [0.2, 0.25) is 11.8 Å². The standard InChI is InChI=1S/C20H25N3O2/c1-14-11-17(14)19(24)23-10-4-3-5-18(23)20(25)22(2)13-16-8-6-15(12-21)7-9-16/h6-9,14,17-18H,3-5,10-11,13H2,1-2H3/t14-,17+,18-/m1/s1. The van der Waals surface area contributed by atoms with Crippen LogP contribution in [-0.2, 0) is 16.1 Å². The minimum atomic E-state index is -0.322. The molecule has 0 N–H and O–H groups in total. The molecule has 132 valence electrons. The van der Waals surface area contributed by atoms with Crippen LogP contribution in [0.1, 0.15) is 43.7 Å². The Hall–Kier alpha value is -2.35. The molecule has 3 atom stereocenters. The lowest BCUT2D eigenvalue weighted by atomic mass is 9.99. The van der Waals surface area contributed by atoms with E-state index in [0.717, 1.165) is 31.2 Å². The quantitative estimate of drug-likeness (QED) is 0.847. The summed E-state index contributed by atoms with van der Waals surface area (Å²) >= 11 is 0. The van der Waals surface area contributed by atoms with Crippen molar-refractivity contribution in [3.63, 3.8) is 0 Å². The van der Waals surface area contributed by atoms with Gasteiger partial charge in [-0.15, -0.1) is 0 Å². The number of benzene rings is 1. The van der Waals surface area contributed by atoms with Crippen LogP contribution in [0.2, 0.25) is 0 Å². The Morgan fingerprint density at radius 1 is 1.28 bits per heavy atom. The Morgan fingerprint density at radius 3 is 2.56 bits per heavy atom. The molecule has 1 aromatic rings. The highest BCUT2D eigenvalue weighted by Crippen LogP contribution is 2.40. The summed E-state index contributed by atoms with van der Waals surface area (Å²) in [5, 5.41) is 8.87. The van der Waals surface area contributed by atoms with E-state index in [1.165, 1.54) is 0 Å². The molecule has 1 aliphatic carbocycles. The van der Waals surface area contributed by atoms with Crippen molar-refractivity contribution in [3.8, 4) is 6.07 Å². The molecular formula is C20H25N3O2. The molecule has 5 heteroatoms. The van der Waals surface area contributed by atoms with Crippen LogP contribution >= 0.6 is 0 Å². The molecule has 2 fully saturated rings. The van der Waals surface area contributed by atoms with Gasteiger partial charge in [-0.2, -0.15) is 5.26 Å². The number of likely N-dealkylation sites (N-methyl/N-ethyl adjacent to an activating group) is 1. The molecule has 0 unspecified atom stereocenters. The van der Waals surface area contributed by atoms with Gasteiger partial charge in [0.1, 0.15) is 6.04 Å². The zero-order valence-electron chi connectivity index (χ0n) is 14.9. The number of hydrogen-bond donors (Lipinski definition) is 0. The number of nitriles is 1. The number of likely N-dealkylation sites (tertiary alicyclic amines) is 1. The molecule has 2 amide bonds. The van der Waals surface area contributed by atoms with Crippen LogP contribution in [0.3, 0.4) is 0 Å². The van der Waals surface area contributed by atoms with Crippen LogP contribution in [0, 0.1) is 23.2 Å². The number of piperidine rings is 1. The number of carbonyl (C=O) groups is 2. The highest BCUT2D eigenvalue weighted by molar-refractivity contribution is 5.89. The maximum Gasteiger partial charge on any atom is 0.245 e. The fourth-order valence-corrected chi connectivity index (χ4v) is 3.62. The summed E-state index contributed by atoms with van der Waals surface area (Å²) in [5.74, 6) is 0.766. The van der Waals surface area contributed by atoms with Crippen LogP contribution in [-0.4, -0.2) is 41.2 Å². The van der Waals surface area contributed by atoms with E-state index in [-0.39, 0.29) is 23.8 Å². The third kappa shape index (κ3) is 3.84. The molecule has 5 nitrogen and oxygen atoms in total. The molecular weight excluding hydrogens is 314 g/mol. The molecule has 0 radical (unpaired) electrons. The Labute approximate surface area is 149 Å². The van der Waals surface area contributed by atoms with Crippen LogP contribution in [0.25, 0.3) is 0 Å². The molecule has 1 aromatic carbocycles. The van der Waals surface area contributed by atoms with Gasteiger partial charge in [0.05, 0.1) is 11.6 Å². The van der Waals surface area contributed by atoms with Crippen molar-refractivity contribution in [1.82, 2.24) is 9.80 Å². The van der Waals surface area contributed by atoms with Gasteiger partial charge in [-0.1, -0.05) is 19.1 Å². The van der Waals surface area contributed by atoms with Gasteiger partial charge < -0.3 is 9.80 Å². The smallest absolute Gasteiger partial charge is 0.245 e. The summed E-state index contributed by atoms with van der Waals surface area (Å²) in [5.41, 5.74) is 1.60. The monoisotopic (exact) mass is 339 g/mol. The van der Waals surface area contributed by atoms with Crippen molar-refractivity contribution < 1.29 is 9.59 Å². The summed E-state index contributed by atoms with van der Waals surface area (Å²) < 4.78 is 0. The number of carbonyl (C=O) groups excluding carboxylic acids is 2. The fraction of sp³-hybridized carbons (Fsp3) is 0.550. The van der Waals surface area contributed by atoms with E-state index < -0.39 is 0 Å². The van der Waals surface area contributed by atoms with E-state index in [4.69, 9.17) is 5.26 Å². The van der Waals surface area contributed by atoms with E-state index in [1.54, 1.807) is 24.1 Å². The van der Waals surface area contributed by atoms with Gasteiger partial charge in [-0.25, -0.2) is 0 Å². The fourth-order valence-electron chi connectivity index (χ4n) is 3.62. The van der Waals surface area contributed by atoms with Crippen LogP contribution in [0.5, 0.6) is 0 Å². The summed E-state index contributed by atoms with van der Waals surface area (Å²) in [7, 11) is 1.79. The van der Waals surface area contributed by atoms with Gasteiger partial charge in [0.15, 0.2) is 0 Å². The average molecular weight is 339 g/mol. The molecule has 1 aliphatic heterocycles. The maximum absolute atomic E-state index is 12.9. The lowest BCUT2D eigenvalue weighted by molar-refractivity contribution is -0.148. The first-order valence-electron chi connectivity index (χ1n) is 9.05. The van der Waals surface area contributed by atoms with E-state index in [9.17, 15) is 9.59 Å². The molecule has 1 saturated carbocycles. The highest BCUT2D eigenvalue weighted by Gasteiger charge is 2.45. The van der Waals surface area contributed by atoms with Gasteiger partial charge in [-0.3, -0.25) is 9.59 Å². The Balaban J connectivity index is 1.66. The molecule has 1 heterocycles. The lowest BCUT2D eigenvalue weighted by Crippen LogP contribution is -2.52. The molecule has 0 spiro atoms. The number of hydrogen-bond acceptors (Lipinski definition) is 3. The molecule has 25 heavy (non-hydrogen) atoms. The van der Waals surface area contributed by atoms with Gasteiger partial charge >= 0.3 is 0 Å². The number of rotatable bonds is 4. The van der Waals surface area contributed by atoms with Crippen molar-refractivity contribution in [2.75, 3.05) is 13.6 Å². The van der Waals surface area contributed by atoms with Gasteiger partial charge in [-0.05, 0) is 49.3 Å². The first-order valence-corrected chi connectivity index (χ1v) is 9.05. The molecule has 1 saturated heterocycles. The SMILES string of the molecule is C[C@@H]1C[C@@H]1C(=O)N1CCCC[C@@H]1C(=O)N(C)Cc1ccc(C#N)cc1. The average Bonchev–Trinajstić information content (AvgIpc) is 3.37. The molecule has 0 aromatic heterocycles. The van der Waals surface area contributed by atoms with Gasteiger partial charge in [0.25, 0.3) is 0 Å². The minimum absolute atomic E-state index is 0.0192. The summed E-state index contributed by atoms with van der Waals surface area (Å²) in [6.45, 7) is 3.28.